The van der Waals surface area contributed by atoms with E-state index >= 15 is 0 Å². The maximum atomic E-state index is 9.74. The number of pyridine rings is 1. The summed E-state index contributed by atoms with van der Waals surface area (Å²) in [7, 11) is 0. The molecule has 2 N–H and O–H groups in total. The fourth-order valence-corrected chi connectivity index (χ4v) is 3.75. The lowest BCUT2D eigenvalue weighted by Gasteiger charge is -2.25. The van der Waals surface area contributed by atoms with E-state index in [1.54, 1.807) is 0 Å². The molecule has 1 saturated carbocycles. The van der Waals surface area contributed by atoms with Gasteiger partial charge in [-0.2, -0.15) is 5.10 Å². The van der Waals surface area contributed by atoms with Crippen LogP contribution in [-0.4, -0.2) is 32.5 Å². The van der Waals surface area contributed by atoms with Gasteiger partial charge in [0, 0.05) is 28.8 Å². The molecule has 5 nitrogen and oxygen atoms in total. The summed E-state index contributed by atoms with van der Waals surface area (Å²) in [5.41, 5.74) is 4.08. The SMILES string of the molecule is CC(C)Oc1ccc2[nH]nc(-c3ccnc(C4CCC(O)CC4)c3)c2c1. The molecule has 0 bridgehead atoms. The molecule has 1 fully saturated rings. The van der Waals surface area contributed by atoms with Gasteiger partial charge in [-0.05, 0) is 69.9 Å². The van der Waals surface area contributed by atoms with Crippen LogP contribution in [0.4, 0.5) is 0 Å². The highest BCUT2D eigenvalue weighted by molar-refractivity contribution is 5.93. The van der Waals surface area contributed by atoms with Gasteiger partial charge in [-0.15, -0.1) is 0 Å². The van der Waals surface area contributed by atoms with E-state index in [-0.39, 0.29) is 12.2 Å². The lowest BCUT2D eigenvalue weighted by atomic mass is 9.84. The molecule has 0 unspecified atom stereocenters. The number of aliphatic hydroxyl groups is 1. The molecule has 1 aliphatic rings. The quantitative estimate of drug-likeness (QED) is 0.729. The number of fused-ring (bicyclic) bond motifs is 1. The minimum atomic E-state index is -0.149. The van der Waals surface area contributed by atoms with Gasteiger partial charge in [0.25, 0.3) is 0 Å². The van der Waals surface area contributed by atoms with E-state index in [1.165, 1.54) is 0 Å². The Labute approximate surface area is 153 Å². The zero-order chi connectivity index (χ0) is 18.1. The maximum Gasteiger partial charge on any atom is 0.120 e. The Hall–Kier alpha value is -2.40. The van der Waals surface area contributed by atoms with Crippen molar-refractivity contribution in [3.8, 4) is 17.0 Å². The molecule has 5 heteroatoms. The molecule has 3 aromatic rings. The van der Waals surface area contributed by atoms with Crippen LogP contribution in [-0.2, 0) is 0 Å². The van der Waals surface area contributed by atoms with E-state index in [0.717, 1.165) is 59.3 Å². The molecule has 1 aromatic carbocycles. The largest absolute Gasteiger partial charge is 0.491 e. The Kier molecular flexibility index (Phi) is 4.64. The van der Waals surface area contributed by atoms with Crippen molar-refractivity contribution in [3.05, 3.63) is 42.2 Å². The van der Waals surface area contributed by atoms with Crippen LogP contribution in [0.1, 0.15) is 51.1 Å². The molecule has 0 radical (unpaired) electrons. The van der Waals surface area contributed by atoms with E-state index in [2.05, 4.69) is 21.2 Å². The molecular weight excluding hydrogens is 326 g/mol. The molecular formula is C21H25N3O2. The van der Waals surface area contributed by atoms with Crippen LogP contribution < -0.4 is 4.74 Å². The lowest BCUT2D eigenvalue weighted by molar-refractivity contribution is 0.122. The number of rotatable bonds is 4. The summed E-state index contributed by atoms with van der Waals surface area (Å²) in [6.45, 7) is 4.05. The van der Waals surface area contributed by atoms with Crippen molar-refractivity contribution >= 4 is 10.9 Å². The van der Waals surface area contributed by atoms with Crippen LogP contribution in [0.15, 0.2) is 36.5 Å². The Morgan fingerprint density at radius 1 is 1.12 bits per heavy atom. The summed E-state index contributed by atoms with van der Waals surface area (Å²) < 4.78 is 5.83. The summed E-state index contributed by atoms with van der Waals surface area (Å²) in [5, 5.41) is 18.4. The predicted octanol–water partition coefficient (Wildman–Crippen LogP) is 4.43. The standard InChI is InChI=1S/C21H25N3O2/c1-13(2)26-17-7-8-19-18(12-17)21(24-23-19)15-9-10-22-20(11-15)14-3-5-16(25)6-4-14/h7-14,16,25H,3-6H2,1-2H3,(H,23,24). The average Bonchev–Trinajstić information content (AvgIpc) is 3.05. The minimum absolute atomic E-state index is 0.136. The van der Waals surface area contributed by atoms with Gasteiger partial charge in [0.15, 0.2) is 0 Å². The summed E-state index contributed by atoms with van der Waals surface area (Å²) in [5.74, 6) is 1.27. The molecule has 0 amide bonds. The van der Waals surface area contributed by atoms with Gasteiger partial charge < -0.3 is 9.84 Å². The van der Waals surface area contributed by atoms with Gasteiger partial charge in [-0.1, -0.05) is 0 Å². The van der Waals surface area contributed by atoms with Gasteiger partial charge in [0.1, 0.15) is 11.4 Å². The van der Waals surface area contributed by atoms with Crippen molar-refractivity contribution in [2.45, 2.75) is 57.7 Å². The van der Waals surface area contributed by atoms with Crippen LogP contribution in [0.2, 0.25) is 0 Å². The Balaban J connectivity index is 1.68. The second-order valence-corrected chi connectivity index (χ2v) is 7.42. The maximum absolute atomic E-state index is 9.74. The van der Waals surface area contributed by atoms with Crippen molar-refractivity contribution in [2.24, 2.45) is 0 Å². The number of nitrogens with one attached hydrogen (secondary N) is 1. The molecule has 26 heavy (non-hydrogen) atoms. The highest BCUT2D eigenvalue weighted by Crippen LogP contribution is 2.35. The smallest absolute Gasteiger partial charge is 0.120 e. The topological polar surface area (TPSA) is 71.0 Å². The number of benzene rings is 1. The summed E-state index contributed by atoms with van der Waals surface area (Å²) >= 11 is 0. The molecule has 1 aliphatic carbocycles. The van der Waals surface area contributed by atoms with E-state index < -0.39 is 0 Å². The molecule has 136 valence electrons. The van der Waals surface area contributed by atoms with Gasteiger partial charge >= 0.3 is 0 Å². The number of nitrogens with zero attached hydrogens (tertiary/aromatic N) is 2. The normalized spacial score (nSPS) is 20.6. The third-order valence-electron chi connectivity index (χ3n) is 5.08. The number of aromatic nitrogens is 3. The van der Waals surface area contributed by atoms with Crippen molar-refractivity contribution in [1.82, 2.24) is 15.2 Å². The first-order chi connectivity index (χ1) is 12.6. The molecule has 0 saturated heterocycles. The lowest BCUT2D eigenvalue weighted by Crippen LogP contribution is -2.17. The number of hydrogen-bond acceptors (Lipinski definition) is 4. The first-order valence-corrected chi connectivity index (χ1v) is 9.39. The highest BCUT2D eigenvalue weighted by atomic mass is 16.5. The van der Waals surface area contributed by atoms with Crippen molar-refractivity contribution in [3.63, 3.8) is 0 Å². The minimum Gasteiger partial charge on any atom is -0.491 e. The molecule has 0 spiro atoms. The first-order valence-electron chi connectivity index (χ1n) is 9.39. The molecule has 2 heterocycles. The van der Waals surface area contributed by atoms with Crippen molar-refractivity contribution in [2.75, 3.05) is 0 Å². The van der Waals surface area contributed by atoms with Crippen LogP contribution in [0.25, 0.3) is 22.2 Å². The van der Waals surface area contributed by atoms with Crippen LogP contribution in [0.5, 0.6) is 5.75 Å². The fourth-order valence-electron chi connectivity index (χ4n) is 3.75. The number of aliphatic hydroxyl groups excluding tert-OH is 1. The van der Waals surface area contributed by atoms with Crippen LogP contribution >= 0.6 is 0 Å². The number of hydrogen-bond donors (Lipinski definition) is 2. The molecule has 0 aliphatic heterocycles. The second kappa shape index (κ2) is 7.08. The molecule has 0 atom stereocenters. The predicted molar refractivity (Wildman–Crippen MR) is 102 cm³/mol. The Morgan fingerprint density at radius 2 is 1.92 bits per heavy atom. The van der Waals surface area contributed by atoms with Gasteiger partial charge in [-0.3, -0.25) is 10.1 Å². The van der Waals surface area contributed by atoms with Gasteiger partial charge in [-0.25, -0.2) is 0 Å². The molecule has 4 rings (SSSR count). The number of H-pyrrole nitrogens is 1. The number of aromatic amines is 1. The van der Waals surface area contributed by atoms with E-state index in [4.69, 9.17) is 4.74 Å². The fraction of sp³-hybridized carbons (Fsp3) is 0.429. The van der Waals surface area contributed by atoms with Crippen LogP contribution in [0, 0.1) is 0 Å². The van der Waals surface area contributed by atoms with Crippen molar-refractivity contribution in [1.29, 1.82) is 0 Å². The van der Waals surface area contributed by atoms with Crippen LogP contribution in [0.3, 0.4) is 0 Å². The second-order valence-electron chi connectivity index (χ2n) is 7.42. The third-order valence-corrected chi connectivity index (χ3v) is 5.08. The van der Waals surface area contributed by atoms with Gasteiger partial charge in [0.05, 0.1) is 17.7 Å². The zero-order valence-corrected chi connectivity index (χ0v) is 15.3. The third kappa shape index (κ3) is 3.44. The Bertz CT molecular complexity index is 895. The van der Waals surface area contributed by atoms with E-state index in [9.17, 15) is 5.11 Å². The molecule has 2 aromatic heterocycles. The summed E-state index contributed by atoms with van der Waals surface area (Å²) in [6, 6.07) is 10.2. The average molecular weight is 351 g/mol. The zero-order valence-electron chi connectivity index (χ0n) is 15.3. The van der Waals surface area contributed by atoms with E-state index in [1.807, 2.05) is 44.3 Å². The van der Waals surface area contributed by atoms with Crippen molar-refractivity contribution < 1.29 is 9.84 Å². The summed E-state index contributed by atoms with van der Waals surface area (Å²) in [4.78, 5) is 4.59. The number of ether oxygens (including phenoxy) is 1. The Morgan fingerprint density at radius 3 is 2.69 bits per heavy atom. The monoisotopic (exact) mass is 351 g/mol. The van der Waals surface area contributed by atoms with E-state index in [0.29, 0.717) is 5.92 Å². The summed E-state index contributed by atoms with van der Waals surface area (Å²) in [6.07, 6.45) is 5.55. The highest BCUT2D eigenvalue weighted by Gasteiger charge is 2.22. The van der Waals surface area contributed by atoms with Gasteiger partial charge in [0.2, 0.25) is 0 Å². The first kappa shape index (κ1) is 17.0.